The molecular weight excluding hydrogens is 294 g/mol. The zero-order chi connectivity index (χ0) is 16.5. The summed E-state index contributed by atoms with van der Waals surface area (Å²) in [5.41, 5.74) is 1.12. The fourth-order valence-corrected chi connectivity index (χ4v) is 2.16. The van der Waals surface area contributed by atoms with E-state index in [-0.39, 0.29) is 0 Å². The van der Waals surface area contributed by atoms with E-state index in [2.05, 4.69) is 29.5 Å². The second-order valence-electron chi connectivity index (χ2n) is 5.86. The van der Waals surface area contributed by atoms with Crippen molar-refractivity contribution in [3.63, 3.8) is 0 Å². The van der Waals surface area contributed by atoms with Crippen molar-refractivity contribution in [2.24, 2.45) is 10.9 Å². The molecule has 0 aliphatic carbocycles. The summed E-state index contributed by atoms with van der Waals surface area (Å²) in [5.74, 6) is 2.97. The van der Waals surface area contributed by atoms with Crippen molar-refractivity contribution in [2.45, 2.75) is 26.8 Å². The third-order valence-corrected chi connectivity index (χ3v) is 3.33. The Bertz CT molecular complexity index is 518. The highest BCUT2D eigenvalue weighted by molar-refractivity contribution is 5.79. The predicted molar refractivity (Wildman–Crippen MR) is 91.0 cm³/mol. The Balaban J connectivity index is 1.65. The number of hydrogen-bond acceptors (Lipinski definition) is 4. The van der Waals surface area contributed by atoms with Crippen LogP contribution in [0.5, 0.6) is 11.5 Å². The summed E-state index contributed by atoms with van der Waals surface area (Å²) in [5, 5.41) is 6.57. The van der Waals surface area contributed by atoms with Gasteiger partial charge in [0.25, 0.3) is 0 Å². The maximum absolute atomic E-state index is 5.56. The van der Waals surface area contributed by atoms with Gasteiger partial charge < -0.3 is 24.8 Å². The second kappa shape index (κ2) is 9.25. The van der Waals surface area contributed by atoms with E-state index in [1.54, 1.807) is 7.05 Å². The first-order valence-electron chi connectivity index (χ1n) is 8.10. The third-order valence-electron chi connectivity index (χ3n) is 3.33. The van der Waals surface area contributed by atoms with Crippen LogP contribution in [-0.2, 0) is 11.3 Å². The molecule has 0 amide bonds. The second-order valence-corrected chi connectivity index (χ2v) is 5.86. The van der Waals surface area contributed by atoms with E-state index in [9.17, 15) is 0 Å². The Morgan fingerprint density at radius 1 is 1.26 bits per heavy atom. The van der Waals surface area contributed by atoms with Gasteiger partial charge in [0, 0.05) is 33.4 Å². The van der Waals surface area contributed by atoms with Gasteiger partial charge in [-0.25, -0.2) is 0 Å². The van der Waals surface area contributed by atoms with Crippen LogP contribution in [0.4, 0.5) is 0 Å². The molecule has 2 rings (SSSR count). The van der Waals surface area contributed by atoms with E-state index in [0.29, 0.717) is 19.3 Å². The molecule has 0 saturated heterocycles. The van der Waals surface area contributed by atoms with E-state index in [4.69, 9.17) is 14.2 Å². The molecule has 1 aliphatic rings. The first-order valence-corrected chi connectivity index (χ1v) is 8.10. The molecule has 0 spiro atoms. The van der Waals surface area contributed by atoms with Crippen LogP contribution in [0.2, 0.25) is 0 Å². The number of guanidine groups is 1. The maximum Gasteiger partial charge on any atom is 0.231 e. The van der Waals surface area contributed by atoms with Crippen LogP contribution in [-0.4, -0.2) is 39.6 Å². The fraction of sp³-hybridized carbons (Fsp3) is 0.588. The topological polar surface area (TPSA) is 64.1 Å². The molecule has 128 valence electrons. The monoisotopic (exact) mass is 321 g/mol. The normalized spacial score (nSPS) is 13.5. The highest BCUT2D eigenvalue weighted by atomic mass is 16.7. The Hall–Kier alpha value is -1.95. The van der Waals surface area contributed by atoms with Gasteiger partial charge in [-0.15, -0.1) is 0 Å². The predicted octanol–water partition coefficient (Wildman–Crippen LogP) is 2.14. The summed E-state index contributed by atoms with van der Waals surface area (Å²) >= 11 is 0. The Labute approximate surface area is 138 Å². The van der Waals surface area contributed by atoms with E-state index < -0.39 is 0 Å². The van der Waals surface area contributed by atoms with Crippen molar-refractivity contribution in [3.8, 4) is 11.5 Å². The Morgan fingerprint density at radius 2 is 2.09 bits per heavy atom. The lowest BCUT2D eigenvalue weighted by molar-refractivity contribution is 0.108. The smallest absolute Gasteiger partial charge is 0.231 e. The molecule has 0 saturated carbocycles. The molecule has 0 bridgehead atoms. The van der Waals surface area contributed by atoms with Crippen LogP contribution >= 0.6 is 0 Å². The van der Waals surface area contributed by atoms with Crippen LogP contribution in [0.1, 0.15) is 25.8 Å². The number of nitrogens with zero attached hydrogens (tertiary/aromatic N) is 1. The van der Waals surface area contributed by atoms with Crippen LogP contribution in [0.15, 0.2) is 23.2 Å². The summed E-state index contributed by atoms with van der Waals surface area (Å²) in [4.78, 5) is 4.22. The van der Waals surface area contributed by atoms with Gasteiger partial charge in [-0.2, -0.15) is 0 Å². The van der Waals surface area contributed by atoms with Crippen molar-refractivity contribution in [2.75, 3.05) is 33.6 Å². The quantitative estimate of drug-likeness (QED) is 0.436. The zero-order valence-corrected chi connectivity index (χ0v) is 14.2. The average molecular weight is 321 g/mol. The molecular formula is C17H27N3O3. The zero-order valence-electron chi connectivity index (χ0n) is 14.2. The van der Waals surface area contributed by atoms with Crippen LogP contribution in [0, 0.1) is 5.92 Å². The molecule has 0 aromatic heterocycles. The molecule has 1 aromatic carbocycles. The number of rotatable bonds is 8. The van der Waals surface area contributed by atoms with Crippen LogP contribution in [0.25, 0.3) is 0 Å². The molecule has 23 heavy (non-hydrogen) atoms. The van der Waals surface area contributed by atoms with Crippen LogP contribution < -0.4 is 20.1 Å². The van der Waals surface area contributed by atoms with Gasteiger partial charge in [0.15, 0.2) is 17.5 Å². The number of benzene rings is 1. The van der Waals surface area contributed by atoms with E-state index in [1.807, 2.05) is 18.2 Å². The molecule has 0 fully saturated rings. The fourth-order valence-electron chi connectivity index (χ4n) is 2.16. The van der Waals surface area contributed by atoms with E-state index in [0.717, 1.165) is 49.2 Å². The van der Waals surface area contributed by atoms with Gasteiger partial charge in [-0.3, -0.25) is 4.99 Å². The number of ether oxygens (including phenoxy) is 3. The summed E-state index contributed by atoms with van der Waals surface area (Å²) in [7, 11) is 1.77. The number of nitrogens with one attached hydrogen (secondary N) is 2. The van der Waals surface area contributed by atoms with Gasteiger partial charge in [0.2, 0.25) is 6.79 Å². The maximum atomic E-state index is 5.56. The van der Waals surface area contributed by atoms with Crippen molar-refractivity contribution < 1.29 is 14.2 Å². The molecule has 1 heterocycles. The summed E-state index contributed by atoms with van der Waals surface area (Å²) in [6, 6.07) is 5.94. The number of fused-ring (bicyclic) bond motifs is 1. The third kappa shape index (κ3) is 5.98. The van der Waals surface area contributed by atoms with Gasteiger partial charge in [-0.05, 0) is 30.0 Å². The minimum atomic E-state index is 0.300. The lowest BCUT2D eigenvalue weighted by Crippen LogP contribution is -2.37. The Morgan fingerprint density at radius 3 is 2.87 bits per heavy atom. The van der Waals surface area contributed by atoms with Gasteiger partial charge in [-0.1, -0.05) is 19.9 Å². The molecule has 0 atom stereocenters. The van der Waals surface area contributed by atoms with Crippen molar-refractivity contribution in [3.05, 3.63) is 23.8 Å². The van der Waals surface area contributed by atoms with Crippen molar-refractivity contribution in [1.82, 2.24) is 10.6 Å². The molecule has 6 nitrogen and oxygen atoms in total. The largest absolute Gasteiger partial charge is 0.454 e. The van der Waals surface area contributed by atoms with Gasteiger partial charge in [0.1, 0.15) is 0 Å². The number of hydrogen-bond donors (Lipinski definition) is 2. The average Bonchev–Trinajstić information content (AvgIpc) is 3.00. The molecule has 1 aromatic rings. The number of aliphatic imine (C=N–C) groups is 1. The summed E-state index contributed by atoms with van der Waals surface area (Å²) < 4.78 is 16.2. The Kier molecular flexibility index (Phi) is 7.00. The van der Waals surface area contributed by atoms with Crippen molar-refractivity contribution >= 4 is 5.96 Å². The lowest BCUT2D eigenvalue weighted by Gasteiger charge is -2.12. The molecule has 2 N–H and O–H groups in total. The molecule has 1 aliphatic heterocycles. The SMILES string of the molecule is CN=C(NCCCOCC(C)C)NCc1ccc2c(c1)OCO2. The first kappa shape index (κ1) is 17.4. The van der Waals surface area contributed by atoms with Crippen molar-refractivity contribution in [1.29, 1.82) is 0 Å². The van der Waals surface area contributed by atoms with Crippen LogP contribution in [0.3, 0.4) is 0 Å². The first-order chi connectivity index (χ1) is 11.2. The highest BCUT2D eigenvalue weighted by Crippen LogP contribution is 2.32. The molecule has 0 unspecified atom stereocenters. The lowest BCUT2D eigenvalue weighted by atomic mass is 10.2. The molecule has 0 radical (unpaired) electrons. The van der Waals surface area contributed by atoms with E-state index >= 15 is 0 Å². The standard InChI is InChI=1S/C17H27N3O3/c1-13(2)11-21-8-4-7-19-17(18-3)20-10-14-5-6-15-16(9-14)23-12-22-15/h5-6,9,13H,4,7-8,10-12H2,1-3H3,(H2,18,19,20). The highest BCUT2D eigenvalue weighted by Gasteiger charge is 2.13. The van der Waals surface area contributed by atoms with Gasteiger partial charge in [0.05, 0.1) is 0 Å². The van der Waals surface area contributed by atoms with E-state index in [1.165, 1.54) is 0 Å². The summed E-state index contributed by atoms with van der Waals surface area (Å²) in [6.45, 7) is 7.70. The molecule has 6 heteroatoms. The summed E-state index contributed by atoms with van der Waals surface area (Å²) in [6.07, 6.45) is 0.956. The minimum absolute atomic E-state index is 0.300. The minimum Gasteiger partial charge on any atom is -0.454 e. The van der Waals surface area contributed by atoms with Gasteiger partial charge >= 0.3 is 0 Å².